The zero-order valence-electron chi connectivity index (χ0n) is 26.0. The number of H-pyrrole nitrogens is 1. The molecule has 0 aliphatic carbocycles. The molecule has 1 unspecified atom stereocenters. The van der Waals surface area contributed by atoms with Crippen molar-refractivity contribution in [3.05, 3.63) is 71.6 Å². The molecule has 1 aromatic heterocycles. The second-order valence-corrected chi connectivity index (χ2v) is 14.0. The number of fused-ring (bicyclic) bond motifs is 1. The largest absolute Gasteiger partial charge is 0.494 e. The van der Waals surface area contributed by atoms with Crippen LogP contribution < -0.4 is 5.46 Å². The van der Waals surface area contributed by atoms with Gasteiger partial charge in [-0.15, -0.1) is 0 Å². The van der Waals surface area contributed by atoms with Gasteiger partial charge >= 0.3 is 13.2 Å². The summed E-state index contributed by atoms with van der Waals surface area (Å²) in [5, 5.41) is 2.74. The zero-order chi connectivity index (χ0) is 30.7. The number of hydrogen-bond donors (Lipinski definition) is 1. The Morgan fingerprint density at radius 1 is 0.953 bits per heavy atom. The second kappa shape index (κ2) is 10.7. The zero-order valence-corrected chi connectivity index (χ0v) is 26.7. The van der Waals surface area contributed by atoms with Crippen molar-refractivity contribution in [1.82, 2.24) is 14.9 Å². The molecular formula is C34H39BClN3O4. The van der Waals surface area contributed by atoms with Gasteiger partial charge in [0.25, 0.3) is 0 Å². The van der Waals surface area contributed by atoms with Crippen molar-refractivity contribution in [3.8, 4) is 22.4 Å². The molecule has 0 bridgehead atoms. The fraction of sp³-hybridized carbons (Fsp3) is 0.412. The average molecular weight is 600 g/mol. The van der Waals surface area contributed by atoms with Gasteiger partial charge in [-0.25, -0.2) is 9.78 Å². The molecule has 2 aliphatic heterocycles. The number of aromatic nitrogens is 2. The van der Waals surface area contributed by atoms with E-state index in [1.807, 2.05) is 32.9 Å². The molecule has 4 aromatic rings. The van der Waals surface area contributed by atoms with Crippen LogP contribution in [0.2, 0.25) is 5.15 Å². The molecule has 224 valence electrons. The lowest BCUT2D eigenvalue weighted by molar-refractivity contribution is 0.00578. The second-order valence-electron chi connectivity index (χ2n) is 13.6. The van der Waals surface area contributed by atoms with Crippen LogP contribution in [-0.4, -0.2) is 51.4 Å². The first-order chi connectivity index (χ1) is 20.2. The van der Waals surface area contributed by atoms with Crippen LogP contribution in [0.1, 0.15) is 73.2 Å². The number of nitrogens with zero attached hydrogens (tertiary/aromatic N) is 2. The van der Waals surface area contributed by atoms with E-state index in [4.69, 9.17) is 30.6 Å². The third-order valence-electron chi connectivity index (χ3n) is 8.76. The number of ether oxygens (including phenoxy) is 1. The van der Waals surface area contributed by atoms with Crippen molar-refractivity contribution in [2.45, 2.75) is 84.2 Å². The molecule has 0 saturated carbocycles. The molecular weight excluding hydrogens is 561 g/mol. The fourth-order valence-electron chi connectivity index (χ4n) is 5.70. The summed E-state index contributed by atoms with van der Waals surface area (Å²) < 4.78 is 18.1. The van der Waals surface area contributed by atoms with Gasteiger partial charge in [0.1, 0.15) is 22.3 Å². The Labute approximate surface area is 259 Å². The van der Waals surface area contributed by atoms with Crippen molar-refractivity contribution in [1.29, 1.82) is 0 Å². The summed E-state index contributed by atoms with van der Waals surface area (Å²) >= 11 is 6.63. The Balaban J connectivity index is 1.20. The molecule has 2 saturated heterocycles. The maximum absolute atomic E-state index is 12.8. The Bertz CT molecular complexity index is 1660. The minimum absolute atomic E-state index is 0.191. The number of benzene rings is 3. The molecule has 2 aliphatic rings. The minimum atomic E-state index is -0.555. The first kappa shape index (κ1) is 29.7. The van der Waals surface area contributed by atoms with Crippen molar-refractivity contribution >= 4 is 41.0 Å². The van der Waals surface area contributed by atoms with E-state index >= 15 is 0 Å². The van der Waals surface area contributed by atoms with Crippen LogP contribution in [-0.2, 0) is 14.0 Å². The van der Waals surface area contributed by atoms with Gasteiger partial charge in [0.05, 0.1) is 17.2 Å². The van der Waals surface area contributed by atoms with Gasteiger partial charge in [-0.3, -0.25) is 4.90 Å². The predicted molar refractivity (Wildman–Crippen MR) is 173 cm³/mol. The van der Waals surface area contributed by atoms with Crippen molar-refractivity contribution in [3.63, 3.8) is 0 Å². The summed E-state index contributed by atoms with van der Waals surface area (Å²) in [6.07, 6.45) is 1.37. The maximum atomic E-state index is 12.8. The smallest absolute Gasteiger partial charge is 0.444 e. The lowest BCUT2D eigenvalue weighted by atomic mass is 9.78. The number of halogens is 1. The van der Waals surface area contributed by atoms with E-state index in [1.54, 1.807) is 4.90 Å². The van der Waals surface area contributed by atoms with Crippen LogP contribution in [0.15, 0.2) is 60.7 Å². The average Bonchev–Trinajstić information content (AvgIpc) is 3.63. The highest BCUT2D eigenvalue weighted by Crippen LogP contribution is 2.38. The Kier molecular flexibility index (Phi) is 7.39. The third-order valence-corrected chi connectivity index (χ3v) is 9.03. The number of likely N-dealkylation sites (tertiary alicyclic amines) is 1. The highest BCUT2D eigenvalue weighted by molar-refractivity contribution is 6.62. The molecule has 6 rings (SSSR count). The van der Waals surface area contributed by atoms with Crippen molar-refractivity contribution in [2.75, 3.05) is 6.54 Å². The summed E-state index contributed by atoms with van der Waals surface area (Å²) in [7, 11) is -0.384. The Hall–Kier alpha value is -3.33. The molecule has 0 spiro atoms. The van der Waals surface area contributed by atoms with Gasteiger partial charge in [0, 0.05) is 12.1 Å². The summed E-state index contributed by atoms with van der Waals surface area (Å²) in [5.74, 6) is 0.682. The van der Waals surface area contributed by atoms with Gasteiger partial charge in [-0.05, 0) is 94.7 Å². The van der Waals surface area contributed by atoms with Gasteiger partial charge in [0.2, 0.25) is 0 Å². The number of carbonyl (C=O) groups excluding carboxylic acids is 1. The molecule has 1 amide bonds. The molecule has 3 aromatic carbocycles. The van der Waals surface area contributed by atoms with E-state index in [0.717, 1.165) is 45.8 Å². The molecule has 43 heavy (non-hydrogen) atoms. The Morgan fingerprint density at radius 2 is 1.56 bits per heavy atom. The van der Waals surface area contributed by atoms with E-state index in [9.17, 15) is 4.79 Å². The fourth-order valence-corrected chi connectivity index (χ4v) is 5.95. The van der Waals surface area contributed by atoms with Gasteiger partial charge in [-0.1, -0.05) is 66.2 Å². The van der Waals surface area contributed by atoms with Gasteiger partial charge < -0.3 is 19.0 Å². The third kappa shape index (κ3) is 5.80. The first-order valence-electron chi connectivity index (χ1n) is 15.0. The summed E-state index contributed by atoms with van der Waals surface area (Å²) in [4.78, 5) is 22.6. The van der Waals surface area contributed by atoms with E-state index in [-0.39, 0.29) is 30.5 Å². The molecule has 0 radical (unpaired) electrons. The number of hydrogen-bond acceptors (Lipinski definition) is 5. The molecule has 9 heteroatoms. The molecule has 1 atom stereocenters. The lowest BCUT2D eigenvalue weighted by Crippen LogP contribution is -2.41. The number of aromatic amines is 1. The monoisotopic (exact) mass is 599 g/mol. The quantitative estimate of drug-likeness (QED) is 0.241. The standard InChI is InChI=1S/C34H39BClN3O4/c1-32(2,3)41-31(40)39-18-8-9-27(39)30-37-28(29(36)38-30)22-12-10-21(11-13-22)23-14-15-25-20-26(17-16-24(25)19-23)35-42-33(4,5)34(6,7)43-35/h10-17,19-20,27H,8-9,18H2,1-7H3,(H,37,38). The number of nitrogens with one attached hydrogen (secondary N) is 1. The predicted octanol–water partition coefficient (Wildman–Crippen LogP) is 7.92. The molecule has 1 N–H and O–H groups in total. The van der Waals surface area contributed by atoms with Crippen LogP contribution in [0.3, 0.4) is 0 Å². The van der Waals surface area contributed by atoms with Crippen LogP contribution in [0.5, 0.6) is 0 Å². The topological polar surface area (TPSA) is 76.7 Å². The number of carbonyl (C=O) groups is 1. The number of imidazole rings is 1. The normalized spacial score (nSPS) is 19.8. The number of rotatable bonds is 4. The summed E-state index contributed by atoms with van der Waals surface area (Å²) in [6, 6.07) is 20.9. The van der Waals surface area contributed by atoms with Crippen LogP contribution in [0.4, 0.5) is 4.79 Å². The van der Waals surface area contributed by atoms with E-state index in [0.29, 0.717) is 23.2 Å². The lowest BCUT2D eigenvalue weighted by Gasteiger charge is -2.32. The maximum Gasteiger partial charge on any atom is 0.494 e. The Morgan fingerprint density at radius 3 is 2.23 bits per heavy atom. The van der Waals surface area contributed by atoms with Crippen LogP contribution >= 0.6 is 11.6 Å². The molecule has 7 nitrogen and oxygen atoms in total. The van der Waals surface area contributed by atoms with Crippen LogP contribution in [0, 0.1) is 0 Å². The van der Waals surface area contributed by atoms with Crippen LogP contribution in [0.25, 0.3) is 33.2 Å². The van der Waals surface area contributed by atoms with E-state index in [1.165, 1.54) is 0 Å². The van der Waals surface area contributed by atoms with Crippen molar-refractivity contribution < 1.29 is 18.8 Å². The SMILES string of the molecule is CC(C)(C)OC(=O)N1CCCC1c1nc(-c2ccc(-c3ccc4cc(B5OC(C)(C)C(C)(C)O5)ccc4c3)cc2)c(Cl)[nH]1. The first-order valence-corrected chi connectivity index (χ1v) is 15.3. The van der Waals surface area contributed by atoms with Gasteiger partial charge in [0.15, 0.2) is 0 Å². The van der Waals surface area contributed by atoms with E-state index in [2.05, 4.69) is 81.2 Å². The van der Waals surface area contributed by atoms with Gasteiger partial charge in [-0.2, -0.15) is 0 Å². The minimum Gasteiger partial charge on any atom is -0.444 e. The summed E-state index contributed by atoms with van der Waals surface area (Å²) in [5.41, 5.74) is 3.52. The molecule has 3 heterocycles. The number of amides is 1. The van der Waals surface area contributed by atoms with Crippen molar-refractivity contribution in [2.24, 2.45) is 0 Å². The van der Waals surface area contributed by atoms with E-state index < -0.39 is 5.60 Å². The highest BCUT2D eigenvalue weighted by Gasteiger charge is 2.51. The summed E-state index contributed by atoms with van der Waals surface area (Å²) in [6.45, 7) is 14.5. The molecule has 2 fully saturated rings. The highest BCUT2D eigenvalue weighted by atomic mass is 35.5.